The molecule has 0 saturated heterocycles. The summed E-state index contributed by atoms with van der Waals surface area (Å²) >= 11 is 5.04. The van der Waals surface area contributed by atoms with Crippen molar-refractivity contribution in [2.24, 2.45) is 4.74 Å². The van der Waals surface area contributed by atoms with E-state index in [2.05, 4.69) is 91.0 Å². The molecule has 30 heavy (non-hydrogen) atoms. The molecule has 0 N–H and O–H groups in total. The molecular formula is C24H19CdCl3NP. The molecule has 0 aliphatic heterocycles. The van der Waals surface area contributed by atoms with Crippen LogP contribution >= 0.6 is 35.3 Å². The van der Waals surface area contributed by atoms with Crippen LogP contribution in [0.5, 0.6) is 0 Å². The minimum absolute atomic E-state index is 0.719. The van der Waals surface area contributed by atoms with Crippen LogP contribution in [0.15, 0.2) is 120 Å². The predicted octanol–water partition coefficient (Wildman–Crippen LogP) is 7.53. The molecule has 0 unspecified atom stereocenters. The van der Waals surface area contributed by atoms with Gasteiger partial charge in [0.2, 0.25) is 0 Å². The molecule has 4 aromatic carbocycles. The van der Waals surface area contributed by atoms with Gasteiger partial charge in [-0.1, -0.05) is 103 Å². The van der Waals surface area contributed by atoms with E-state index in [4.69, 9.17) is 33.0 Å². The van der Waals surface area contributed by atoms with E-state index in [1.165, 1.54) is 15.9 Å². The standard InChI is InChI=1S/C24H19ClNP.Cd.2ClH/c25-20-16-18-21(19-17-20)26-27(22-10-4-1-5-11-22,23-12-6-2-7-13-23)24-14-8-3-9-15-24;;;/h1-19H;;2*1H/q;+2;;/p-2. The third-order valence-electron chi connectivity index (χ3n) is 4.48. The van der Waals surface area contributed by atoms with Gasteiger partial charge in [0.1, 0.15) is 0 Å². The fraction of sp³-hybridized carbons (Fsp3) is 0. The number of nitrogens with zero attached hydrogens (tertiary/aromatic N) is 1. The first-order valence-corrected chi connectivity index (χ1v) is 21.7. The van der Waals surface area contributed by atoms with Gasteiger partial charge < -0.3 is 0 Å². The average molecular weight is 571 g/mol. The molecule has 0 fully saturated rings. The van der Waals surface area contributed by atoms with E-state index >= 15 is 0 Å². The van der Waals surface area contributed by atoms with Gasteiger partial charge >= 0.3 is 38.4 Å². The second kappa shape index (κ2) is 12.1. The Balaban J connectivity index is 0.000000806. The van der Waals surface area contributed by atoms with Crippen LogP contribution in [0.2, 0.25) is 5.02 Å². The summed E-state index contributed by atoms with van der Waals surface area (Å²) in [6.07, 6.45) is 0. The van der Waals surface area contributed by atoms with Crippen LogP contribution in [0.1, 0.15) is 0 Å². The Labute approximate surface area is 202 Å². The van der Waals surface area contributed by atoms with E-state index < -0.39 is 28.8 Å². The topological polar surface area (TPSA) is 12.4 Å². The summed E-state index contributed by atoms with van der Waals surface area (Å²) in [7, 11) is 7.74. The van der Waals surface area contributed by atoms with E-state index in [1.54, 1.807) is 0 Å². The molecule has 0 aliphatic rings. The first-order chi connectivity index (χ1) is 14.7. The van der Waals surface area contributed by atoms with Gasteiger partial charge in [0, 0.05) is 20.9 Å². The molecule has 0 spiro atoms. The molecule has 0 amide bonds. The predicted molar refractivity (Wildman–Crippen MR) is 130 cm³/mol. The van der Waals surface area contributed by atoms with Crippen LogP contribution in [0, 0.1) is 0 Å². The van der Waals surface area contributed by atoms with Crippen LogP contribution in [0.25, 0.3) is 0 Å². The number of benzene rings is 4. The third kappa shape index (κ3) is 5.78. The fourth-order valence-electron chi connectivity index (χ4n) is 3.23. The van der Waals surface area contributed by atoms with Crippen molar-refractivity contribution in [1.29, 1.82) is 0 Å². The van der Waals surface area contributed by atoms with Gasteiger partial charge in [0.25, 0.3) is 0 Å². The summed E-state index contributed by atoms with van der Waals surface area (Å²) in [5.41, 5.74) is 0.935. The molecule has 0 atom stereocenters. The number of hydrogen-bond donors (Lipinski definition) is 0. The monoisotopic (exact) mass is 571 g/mol. The first kappa shape index (κ1) is 23.6. The Morgan fingerprint density at radius 2 is 0.867 bits per heavy atom. The van der Waals surface area contributed by atoms with E-state index in [0.717, 1.165) is 10.7 Å². The molecule has 148 valence electrons. The second-order valence-electron chi connectivity index (χ2n) is 6.32. The Kier molecular flexibility index (Phi) is 9.48. The summed E-state index contributed by atoms with van der Waals surface area (Å²) in [6.45, 7) is 0. The van der Waals surface area contributed by atoms with Crippen LogP contribution in [-0.2, 0) is 21.8 Å². The number of rotatable bonds is 4. The van der Waals surface area contributed by atoms with Crippen LogP contribution in [0.3, 0.4) is 0 Å². The molecule has 0 saturated carbocycles. The summed E-state index contributed by atoms with van der Waals surface area (Å²) < 4.78 is 5.39. The Morgan fingerprint density at radius 3 is 1.20 bits per heavy atom. The van der Waals surface area contributed by atoms with Gasteiger partial charge in [-0.15, -0.1) is 0 Å². The van der Waals surface area contributed by atoms with Gasteiger partial charge in [-0.25, -0.2) is 0 Å². The molecule has 4 rings (SSSR count). The molecule has 6 heteroatoms. The van der Waals surface area contributed by atoms with Gasteiger partial charge in [-0.3, -0.25) is 4.74 Å². The summed E-state index contributed by atoms with van der Waals surface area (Å²) in [5, 5.41) is 4.42. The Hall–Kier alpha value is -1.10. The van der Waals surface area contributed by atoms with E-state index in [9.17, 15) is 0 Å². The molecule has 0 aromatic heterocycles. The first-order valence-electron chi connectivity index (χ1n) is 9.37. The average Bonchev–Trinajstić information content (AvgIpc) is 2.81. The third-order valence-corrected chi connectivity index (χ3v) is 8.40. The number of hydrogen-bond acceptors (Lipinski definition) is 1. The van der Waals surface area contributed by atoms with Crippen molar-refractivity contribution < 1.29 is 21.8 Å². The van der Waals surface area contributed by atoms with Crippen molar-refractivity contribution in [3.8, 4) is 0 Å². The quantitative estimate of drug-likeness (QED) is 0.178. The van der Waals surface area contributed by atoms with Crippen molar-refractivity contribution in [3.05, 3.63) is 120 Å². The molecule has 0 aliphatic carbocycles. The normalized spacial score (nSPS) is 10.4. The van der Waals surface area contributed by atoms with Gasteiger partial charge in [0.15, 0.2) is 0 Å². The number of halogens is 3. The summed E-state index contributed by atoms with van der Waals surface area (Å²) in [5.74, 6) is 0. The molecular weight excluding hydrogens is 552 g/mol. The molecule has 0 heterocycles. The van der Waals surface area contributed by atoms with E-state index in [1.807, 2.05) is 24.3 Å². The van der Waals surface area contributed by atoms with Gasteiger partial charge in [0.05, 0.1) is 12.7 Å². The van der Waals surface area contributed by atoms with Crippen molar-refractivity contribution in [2.75, 3.05) is 0 Å². The Bertz CT molecular complexity index is 986. The van der Waals surface area contributed by atoms with Crippen LogP contribution in [0.4, 0.5) is 5.69 Å². The van der Waals surface area contributed by atoms with Gasteiger partial charge in [-0.2, -0.15) is 0 Å². The van der Waals surface area contributed by atoms with E-state index in [-0.39, 0.29) is 0 Å². The summed E-state index contributed by atoms with van der Waals surface area (Å²) in [6, 6.07) is 39.6. The van der Waals surface area contributed by atoms with Crippen molar-refractivity contribution >= 4 is 56.9 Å². The van der Waals surface area contributed by atoms with E-state index in [0.29, 0.717) is 0 Å². The van der Waals surface area contributed by atoms with Crippen molar-refractivity contribution in [3.63, 3.8) is 0 Å². The van der Waals surface area contributed by atoms with Crippen LogP contribution in [-0.4, -0.2) is 0 Å². The zero-order valence-corrected chi connectivity index (χ0v) is 23.4. The van der Waals surface area contributed by atoms with Crippen molar-refractivity contribution in [1.82, 2.24) is 0 Å². The molecule has 0 bridgehead atoms. The zero-order valence-electron chi connectivity index (χ0n) is 16.2. The summed E-state index contributed by atoms with van der Waals surface area (Å²) in [4.78, 5) is 0. The minimum atomic E-state index is -2.21. The fourth-order valence-corrected chi connectivity index (χ4v) is 6.89. The zero-order chi connectivity index (χ0) is 21.2. The van der Waals surface area contributed by atoms with Crippen molar-refractivity contribution in [2.45, 2.75) is 0 Å². The van der Waals surface area contributed by atoms with Gasteiger partial charge in [-0.05, 0) is 24.3 Å². The Morgan fingerprint density at radius 1 is 0.533 bits per heavy atom. The van der Waals surface area contributed by atoms with Crippen LogP contribution < -0.4 is 15.9 Å². The molecule has 1 nitrogen and oxygen atoms in total. The molecule has 4 aromatic rings. The maximum atomic E-state index is 6.10. The molecule has 0 radical (unpaired) electrons. The SMILES string of the molecule is Clc1ccc(N=P(c2ccccc2)(c2ccccc2)c2ccccc2)cc1.[Cl][Cd][Cl]. The second-order valence-corrected chi connectivity index (χ2v) is 15.8. The maximum absolute atomic E-state index is 6.10.